The maximum Gasteiger partial charge on any atom is 0.404 e. The van der Waals surface area contributed by atoms with Crippen molar-refractivity contribution < 1.29 is 24.2 Å². The van der Waals surface area contributed by atoms with Crippen LogP contribution in [0.15, 0.2) is 12.3 Å². The number of rotatable bonds is 10. The van der Waals surface area contributed by atoms with Gasteiger partial charge < -0.3 is 25.6 Å². The predicted molar refractivity (Wildman–Crippen MR) is 132 cm³/mol. The van der Waals surface area contributed by atoms with E-state index in [1.165, 1.54) is 0 Å². The molecule has 2 atom stereocenters. The Balaban J connectivity index is 1.50. The van der Waals surface area contributed by atoms with Crippen LogP contribution in [0.5, 0.6) is 5.88 Å². The molecular weight excluding hydrogens is 448 g/mol. The average molecular weight is 489 g/mol. The van der Waals surface area contributed by atoms with Crippen molar-refractivity contribution in [3.63, 3.8) is 0 Å². The van der Waals surface area contributed by atoms with Gasteiger partial charge in [0.25, 0.3) is 5.91 Å². The Morgan fingerprint density at radius 3 is 2.60 bits per heavy atom. The van der Waals surface area contributed by atoms with Crippen molar-refractivity contribution in [2.75, 3.05) is 19.8 Å². The number of nitrogens with zero attached hydrogens (tertiary/aromatic N) is 2. The van der Waals surface area contributed by atoms with E-state index < -0.39 is 11.5 Å². The van der Waals surface area contributed by atoms with Crippen molar-refractivity contribution in [3.8, 4) is 5.88 Å². The fourth-order valence-corrected chi connectivity index (χ4v) is 6.39. The number of nitrogens with two attached hydrogens (primary N) is 1. The molecule has 1 aromatic rings. The summed E-state index contributed by atoms with van der Waals surface area (Å²) in [6.07, 6.45) is 9.57. The number of primary amides is 1. The highest BCUT2D eigenvalue weighted by Gasteiger charge is 2.56. The van der Waals surface area contributed by atoms with Crippen LogP contribution < -0.4 is 15.8 Å². The van der Waals surface area contributed by atoms with Gasteiger partial charge in [0.15, 0.2) is 0 Å². The van der Waals surface area contributed by atoms with E-state index in [4.69, 9.17) is 15.2 Å². The number of aliphatic hydroxyl groups is 1. The van der Waals surface area contributed by atoms with Gasteiger partial charge in [-0.2, -0.15) is 5.10 Å². The molecule has 0 radical (unpaired) electrons. The van der Waals surface area contributed by atoms with Crippen molar-refractivity contribution in [1.29, 1.82) is 0 Å². The minimum atomic E-state index is -0.715. The summed E-state index contributed by atoms with van der Waals surface area (Å²) in [5.74, 6) is 1.87. The number of aromatic nitrogens is 2. The molecule has 2 unspecified atom stereocenters. The molecular formula is C26H40N4O5. The van der Waals surface area contributed by atoms with Gasteiger partial charge in [0.1, 0.15) is 5.56 Å². The van der Waals surface area contributed by atoms with Gasteiger partial charge in [0, 0.05) is 23.1 Å². The van der Waals surface area contributed by atoms with Crippen molar-refractivity contribution >= 4 is 18.2 Å². The zero-order chi connectivity index (χ0) is 25.4. The predicted octanol–water partition coefficient (Wildman–Crippen LogP) is 3.43. The van der Waals surface area contributed by atoms with Gasteiger partial charge in [-0.15, -0.1) is 0 Å². The molecule has 9 nitrogen and oxygen atoms in total. The van der Waals surface area contributed by atoms with Crippen molar-refractivity contribution in [2.24, 2.45) is 40.2 Å². The summed E-state index contributed by atoms with van der Waals surface area (Å²) < 4.78 is 12.8. The number of ether oxygens (including phenoxy) is 2. The van der Waals surface area contributed by atoms with E-state index in [9.17, 15) is 14.7 Å². The Hall–Kier alpha value is -2.55. The number of nitrogens with one attached hydrogen (secondary N) is 1. The summed E-state index contributed by atoms with van der Waals surface area (Å²) in [4.78, 5) is 24.7. The van der Waals surface area contributed by atoms with Crippen LogP contribution in [-0.4, -0.2) is 52.7 Å². The summed E-state index contributed by atoms with van der Waals surface area (Å²) >= 11 is 0. The normalized spacial score (nSPS) is 29.7. The van der Waals surface area contributed by atoms with Gasteiger partial charge in [-0.05, 0) is 55.8 Å². The number of hydrogen-bond acceptors (Lipinski definition) is 6. The van der Waals surface area contributed by atoms with E-state index >= 15 is 0 Å². The molecule has 5 rings (SSSR count). The van der Waals surface area contributed by atoms with Crippen LogP contribution in [0.1, 0.15) is 70.2 Å². The molecule has 4 fully saturated rings. The van der Waals surface area contributed by atoms with Gasteiger partial charge in [0.2, 0.25) is 5.88 Å². The number of carbonyl (C=O) groups is 2. The molecule has 4 bridgehead atoms. The molecule has 2 amide bonds. The zero-order valence-corrected chi connectivity index (χ0v) is 21.3. The molecule has 194 valence electrons. The molecule has 0 aliphatic heterocycles. The lowest BCUT2D eigenvalue weighted by Gasteiger charge is -2.59. The monoisotopic (exact) mass is 488 g/mol. The zero-order valence-electron chi connectivity index (χ0n) is 21.3. The van der Waals surface area contributed by atoms with E-state index in [-0.39, 0.29) is 29.9 Å². The van der Waals surface area contributed by atoms with E-state index in [0.29, 0.717) is 42.4 Å². The summed E-state index contributed by atoms with van der Waals surface area (Å²) in [5, 5.41) is 17.3. The molecule has 4 aliphatic rings. The lowest BCUT2D eigenvalue weighted by Crippen LogP contribution is -2.60. The Kier molecular flexibility index (Phi) is 7.18. The lowest BCUT2D eigenvalue weighted by atomic mass is 9.48. The van der Waals surface area contributed by atoms with E-state index in [2.05, 4.69) is 24.3 Å². The first kappa shape index (κ1) is 25.5. The van der Waals surface area contributed by atoms with Crippen LogP contribution in [0, 0.1) is 34.5 Å². The van der Waals surface area contributed by atoms with Crippen molar-refractivity contribution in [3.05, 3.63) is 17.8 Å². The summed E-state index contributed by atoms with van der Waals surface area (Å²) in [5.41, 5.74) is 5.23. The van der Waals surface area contributed by atoms with Crippen molar-refractivity contribution in [2.45, 2.75) is 65.8 Å². The van der Waals surface area contributed by atoms with Crippen LogP contribution >= 0.6 is 0 Å². The van der Waals surface area contributed by atoms with Crippen molar-refractivity contribution in [1.82, 2.24) is 15.1 Å². The molecule has 4 aliphatic carbocycles. The Labute approximate surface area is 207 Å². The quantitative estimate of drug-likeness (QED) is 0.463. The number of hydrogen-bond donors (Lipinski definition) is 3. The summed E-state index contributed by atoms with van der Waals surface area (Å²) in [7, 11) is 0. The third-order valence-corrected chi connectivity index (χ3v) is 7.84. The van der Waals surface area contributed by atoms with Gasteiger partial charge >= 0.3 is 6.09 Å². The molecule has 9 heteroatoms. The smallest absolute Gasteiger partial charge is 0.404 e. The fourth-order valence-electron chi connectivity index (χ4n) is 6.39. The van der Waals surface area contributed by atoms with Crippen LogP contribution in [0.4, 0.5) is 4.79 Å². The average Bonchev–Trinajstić information content (AvgIpc) is 3.20. The topological polar surface area (TPSA) is 129 Å². The van der Waals surface area contributed by atoms with Gasteiger partial charge in [-0.25, -0.2) is 9.48 Å². The van der Waals surface area contributed by atoms with Gasteiger partial charge in [-0.3, -0.25) is 4.79 Å². The standard InChI is InChI=1S/C26H40N4O5/c1-16(2)13-34-23-20(12-28-30(23)6-5-25(3,4)14-31)22(32)29-21-18-7-17-8-19(21)11-26(9-17,10-18)15-35-24(27)33/h5-6,12,16-19,21,31H,7-11,13-15H2,1-4H3,(H2,27,33)(H,29,32)/b6-5+. The lowest BCUT2D eigenvalue weighted by molar-refractivity contribution is -0.0977. The third-order valence-electron chi connectivity index (χ3n) is 7.84. The Bertz CT molecular complexity index is 953. The van der Waals surface area contributed by atoms with E-state index in [1.807, 2.05) is 19.9 Å². The second-order valence-electron chi connectivity index (χ2n) is 12.1. The minimum Gasteiger partial charge on any atom is -0.477 e. The summed E-state index contributed by atoms with van der Waals surface area (Å²) in [6.45, 7) is 8.78. The molecule has 35 heavy (non-hydrogen) atoms. The fraction of sp³-hybridized carbons (Fsp3) is 0.731. The first-order chi connectivity index (χ1) is 16.5. The molecule has 0 spiro atoms. The summed E-state index contributed by atoms with van der Waals surface area (Å²) in [6, 6.07) is 0.0888. The van der Waals surface area contributed by atoms with Crippen LogP contribution in [0.3, 0.4) is 0 Å². The minimum absolute atomic E-state index is 0.00226. The highest BCUT2D eigenvalue weighted by atomic mass is 16.5. The molecule has 4 saturated carbocycles. The third kappa shape index (κ3) is 5.66. The number of aliphatic hydroxyl groups excluding tert-OH is 1. The van der Waals surface area contributed by atoms with Gasteiger partial charge in [0.05, 0.1) is 26.0 Å². The number of amides is 2. The first-order valence-electron chi connectivity index (χ1n) is 12.7. The molecule has 1 heterocycles. The Morgan fingerprint density at radius 1 is 1.31 bits per heavy atom. The highest BCUT2D eigenvalue weighted by Crippen LogP contribution is 2.60. The first-order valence-corrected chi connectivity index (χ1v) is 12.7. The largest absolute Gasteiger partial charge is 0.477 e. The highest BCUT2D eigenvalue weighted by molar-refractivity contribution is 5.96. The van der Waals surface area contributed by atoms with Crippen LogP contribution in [-0.2, 0) is 4.74 Å². The maximum absolute atomic E-state index is 13.5. The Morgan fingerprint density at radius 2 is 2.00 bits per heavy atom. The SMILES string of the molecule is CC(C)COc1c(C(=O)NC2C3CC4CC2CC(COC(N)=O)(C4)C3)cnn1/C=C/C(C)(C)CO. The second-order valence-corrected chi connectivity index (χ2v) is 12.1. The molecule has 0 aromatic carbocycles. The number of carbonyl (C=O) groups excluding carboxylic acids is 2. The van der Waals surface area contributed by atoms with Crippen LogP contribution in [0.2, 0.25) is 0 Å². The molecule has 0 saturated heterocycles. The molecule has 1 aromatic heterocycles. The second kappa shape index (κ2) is 9.84. The molecule has 4 N–H and O–H groups in total. The van der Waals surface area contributed by atoms with E-state index in [1.54, 1.807) is 17.1 Å². The van der Waals surface area contributed by atoms with Crippen LogP contribution in [0.25, 0.3) is 6.20 Å². The van der Waals surface area contributed by atoms with E-state index in [0.717, 1.165) is 32.1 Å². The maximum atomic E-state index is 13.5. The van der Waals surface area contributed by atoms with Gasteiger partial charge in [-0.1, -0.05) is 33.8 Å².